The molecule has 2 aromatic rings. The number of likely N-dealkylation sites (tertiary alicyclic amines) is 1. The molecule has 1 fully saturated rings. The second-order valence-electron chi connectivity index (χ2n) is 8.97. The second-order valence-corrected chi connectivity index (χ2v) is 8.97. The fourth-order valence-electron chi connectivity index (χ4n) is 3.60. The largest absolute Gasteiger partial charge is 0.360 e. The number of carbonyl (C=O) groups excluding carboxylic acids is 2. The van der Waals surface area contributed by atoms with Crippen LogP contribution < -0.4 is 5.32 Å². The number of hydrogen-bond acceptors (Lipinski definition) is 5. The molecule has 1 saturated heterocycles. The van der Waals surface area contributed by atoms with E-state index in [9.17, 15) is 9.59 Å². The van der Waals surface area contributed by atoms with Crippen molar-refractivity contribution in [2.45, 2.75) is 46.0 Å². The number of aryl methyl sites for hydroxylation is 1. The first-order valence-corrected chi connectivity index (χ1v) is 10.6. The van der Waals surface area contributed by atoms with Gasteiger partial charge in [0.15, 0.2) is 5.82 Å². The summed E-state index contributed by atoms with van der Waals surface area (Å²) in [4.78, 5) is 29.7. The molecule has 2 amide bonds. The number of amides is 2. The lowest BCUT2D eigenvalue weighted by Crippen LogP contribution is -2.42. The molecule has 7 nitrogen and oxygen atoms in total. The predicted octanol–water partition coefficient (Wildman–Crippen LogP) is 3.46. The van der Waals surface area contributed by atoms with Gasteiger partial charge in [0.2, 0.25) is 5.91 Å². The van der Waals surface area contributed by atoms with Crippen molar-refractivity contribution in [2.24, 2.45) is 0 Å². The topological polar surface area (TPSA) is 78.7 Å². The predicted molar refractivity (Wildman–Crippen MR) is 117 cm³/mol. The van der Waals surface area contributed by atoms with Crippen LogP contribution in [-0.4, -0.2) is 59.5 Å². The molecule has 7 heteroatoms. The van der Waals surface area contributed by atoms with Crippen LogP contribution in [0.2, 0.25) is 0 Å². The first-order valence-electron chi connectivity index (χ1n) is 10.6. The van der Waals surface area contributed by atoms with Crippen molar-refractivity contribution >= 4 is 17.6 Å². The van der Waals surface area contributed by atoms with Gasteiger partial charge in [-0.3, -0.25) is 9.59 Å². The van der Waals surface area contributed by atoms with E-state index in [2.05, 4.69) is 36.1 Å². The zero-order chi connectivity index (χ0) is 21.7. The molecule has 30 heavy (non-hydrogen) atoms. The summed E-state index contributed by atoms with van der Waals surface area (Å²) in [5.74, 6) is 0.552. The van der Waals surface area contributed by atoms with Gasteiger partial charge in [-0.1, -0.05) is 38.1 Å². The average molecular weight is 413 g/mol. The van der Waals surface area contributed by atoms with Crippen molar-refractivity contribution in [1.82, 2.24) is 15.0 Å². The van der Waals surface area contributed by atoms with Crippen LogP contribution in [0.4, 0.5) is 5.82 Å². The highest BCUT2D eigenvalue weighted by atomic mass is 16.5. The zero-order valence-corrected chi connectivity index (χ0v) is 18.4. The van der Waals surface area contributed by atoms with Crippen LogP contribution in [0, 0.1) is 6.92 Å². The molecule has 162 valence electrons. The Morgan fingerprint density at radius 2 is 1.83 bits per heavy atom. The molecule has 0 spiro atoms. The number of hydrogen-bond donors (Lipinski definition) is 1. The normalized spacial score (nSPS) is 14.7. The first kappa shape index (κ1) is 22.0. The Bertz CT molecular complexity index is 861. The first-order chi connectivity index (χ1) is 14.2. The van der Waals surface area contributed by atoms with Gasteiger partial charge in [0.05, 0.1) is 0 Å². The van der Waals surface area contributed by atoms with Crippen molar-refractivity contribution in [3.05, 3.63) is 47.2 Å². The molecule has 0 aliphatic carbocycles. The van der Waals surface area contributed by atoms with E-state index >= 15 is 0 Å². The summed E-state index contributed by atoms with van der Waals surface area (Å²) in [5.41, 5.74) is 1.78. The Morgan fingerprint density at radius 1 is 1.17 bits per heavy atom. The van der Waals surface area contributed by atoms with Crippen molar-refractivity contribution in [3.63, 3.8) is 0 Å². The zero-order valence-electron chi connectivity index (χ0n) is 18.4. The van der Waals surface area contributed by atoms with E-state index in [-0.39, 0.29) is 23.8 Å². The summed E-state index contributed by atoms with van der Waals surface area (Å²) >= 11 is 0. The monoisotopic (exact) mass is 412 g/mol. The Balaban J connectivity index is 1.70. The molecule has 0 radical (unpaired) electrons. The molecule has 1 N–H and O–H groups in total. The number of nitrogens with one attached hydrogen (secondary N) is 1. The summed E-state index contributed by atoms with van der Waals surface area (Å²) in [6, 6.07) is 9.34. The van der Waals surface area contributed by atoms with E-state index in [0.717, 1.165) is 19.6 Å². The lowest BCUT2D eigenvalue weighted by molar-refractivity contribution is -0.117. The van der Waals surface area contributed by atoms with Gasteiger partial charge in [-0.2, -0.15) is 0 Å². The van der Waals surface area contributed by atoms with Crippen LogP contribution >= 0.6 is 0 Å². The molecule has 1 aliphatic rings. The van der Waals surface area contributed by atoms with Gasteiger partial charge in [0, 0.05) is 24.7 Å². The van der Waals surface area contributed by atoms with Crippen LogP contribution in [0.3, 0.4) is 0 Å². The van der Waals surface area contributed by atoms with Crippen molar-refractivity contribution in [3.8, 4) is 0 Å². The van der Waals surface area contributed by atoms with Crippen molar-refractivity contribution < 1.29 is 14.1 Å². The van der Waals surface area contributed by atoms with E-state index in [4.69, 9.17) is 4.52 Å². The molecular formula is C23H32N4O3. The molecule has 0 atom stereocenters. The Labute approximate surface area is 178 Å². The van der Waals surface area contributed by atoms with E-state index in [1.165, 1.54) is 18.4 Å². The third-order valence-corrected chi connectivity index (χ3v) is 5.40. The maximum atomic E-state index is 13.2. The van der Waals surface area contributed by atoms with Crippen LogP contribution in [0.1, 0.15) is 55.3 Å². The maximum Gasteiger partial charge on any atom is 0.254 e. The summed E-state index contributed by atoms with van der Waals surface area (Å²) < 4.78 is 4.99. The smallest absolute Gasteiger partial charge is 0.254 e. The molecule has 0 bridgehead atoms. The molecule has 0 saturated carbocycles. The van der Waals surface area contributed by atoms with Crippen molar-refractivity contribution in [2.75, 3.05) is 38.0 Å². The molecule has 0 unspecified atom stereocenters. The number of benzene rings is 1. The average Bonchev–Trinajstić information content (AvgIpc) is 3.35. The number of rotatable bonds is 7. The minimum atomic E-state index is -0.288. The number of aromatic nitrogens is 1. The highest BCUT2D eigenvalue weighted by molar-refractivity contribution is 5.99. The van der Waals surface area contributed by atoms with Crippen LogP contribution in [-0.2, 0) is 10.2 Å². The molecule has 1 aromatic carbocycles. The summed E-state index contributed by atoms with van der Waals surface area (Å²) in [5, 5.41) is 6.49. The van der Waals surface area contributed by atoms with E-state index in [1.807, 2.05) is 24.3 Å². The highest BCUT2D eigenvalue weighted by Gasteiger charge is 2.22. The van der Waals surface area contributed by atoms with Crippen molar-refractivity contribution in [1.29, 1.82) is 0 Å². The van der Waals surface area contributed by atoms with Gasteiger partial charge in [-0.25, -0.2) is 0 Å². The van der Waals surface area contributed by atoms with Crippen LogP contribution in [0.5, 0.6) is 0 Å². The molecule has 1 aromatic heterocycles. The van der Waals surface area contributed by atoms with Gasteiger partial charge in [0.1, 0.15) is 12.3 Å². The third-order valence-electron chi connectivity index (χ3n) is 5.40. The number of anilines is 1. The van der Waals surface area contributed by atoms with Crippen LogP contribution in [0.25, 0.3) is 0 Å². The lowest BCUT2D eigenvalue weighted by Gasteiger charge is -2.25. The van der Waals surface area contributed by atoms with Crippen LogP contribution in [0.15, 0.2) is 34.9 Å². The highest BCUT2D eigenvalue weighted by Crippen LogP contribution is 2.22. The van der Waals surface area contributed by atoms with Gasteiger partial charge >= 0.3 is 0 Å². The third kappa shape index (κ3) is 5.92. The van der Waals surface area contributed by atoms with E-state index < -0.39 is 0 Å². The SMILES string of the molecule is Cc1cc(NC(=O)CN(CCN2CCCC2)C(=O)c2ccc(C(C)(C)C)cc2)no1. The summed E-state index contributed by atoms with van der Waals surface area (Å²) in [6.45, 7) is 11.5. The Hall–Kier alpha value is -2.67. The van der Waals surface area contributed by atoms with Gasteiger partial charge in [0.25, 0.3) is 5.91 Å². The van der Waals surface area contributed by atoms with E-state index in [1.54, 1.807) is 17.9 Å². The van der Waals surface area contributed by atoms with Gasteiger partial charge in [-0.05, 0) is 56.0 Å². The lowest BCUT2D eigenvalue weighted by atomic mass is 9.86. The quantitative estimate of drug-likeness (QED) is 0.753. The molecule has 1 aliphatic heterocycles. The fourth-order valence-corrected chi connectivity index (χ4v) is 3.60. The molecular weight excluding hydrogens is 380 g/mol. The molecule has 2 heterocycles. The fraction of sp³-hybridized carbons (Fsp3) is 0.522. The maximum absolute atomic E-state index is 13.2. The van der Waals surface area contributed by atoms with Gasteiger partial charge in [-0.15, -0.1) is 0 Å². The van der Waals surface area contributed by atoms with Gasteiger partial charge < -0.3 is 19.6 Å². The Morgan fingerprint density at radius 3 is 2.40 bits per heavy atom. The standard InChI is InChI=1S/C23H32N4O3/c1-17-15-20(25-30-17)24-21(28)16-27(14-13-26-11-5-6-12-26)22(29)18-7-9-19(10-8-18)23(2,3)4/h7-10,15H,5-6,11-14,16H2,1-4H3,(H,24,25,28). The summed E-state index contributed by atoms with van der Waals surface area (Å²) in [7, 11) is 0. The minimum Gasteiger partial charge on any atom is -0.360 e. The minimum absolute atomic E-state index is 0.0205. The van der Waals surface area contributed by atoms with E-state index in [0.29, 0.717) is 23.7 Å². The Kier molecular flexibility index (Phi) is 6.92. The molecule has 3 rings (SSSR count). The second kappa shape index (κ2) is 9.43. The number of nitrogens with zero attached hydrogens (tertiary/aromatic N) is 3. The summed E-state index contributed by atoms with van der Waals surface area (Å²) in [6.07, 6.45) is 2.38. The number of carbonyl (C=O) groups is 2.